The van der Waals surface area contributed by atoms with E-state index in [2.05, 4.69) is 46.0 Å². The number of hydrogen-bond acceptors (Lipinski definition) is 2. The van der Waals surface area contributed by atoms with Gasteiger partial charge in [0.1, 0.15) is 5.78 Å². The summed E-state index contributed by atoms with van der Waals surface area (Å²) in [4.78, 5) is 13.8. The number of carbonyl (C=O) groups is 1. The third-order valence-corrected chi connectivity index (χ3v) is 4.22. The maximum absolute atomic E-state index is 11.5. The second kappa shape index (κ2) is 4.58. The highest BCUT2D eigenvalue weighted by atomic mass is 79.9. The molecule has 3 heteroatoms. The Labute approximate surface area is 105 Å². The first-order chi connectivity index (χ1) is 7.59. The number of anilines is 1. The molecule has 2 rings (SSSR count). The molecule has 0 N–H and O–H groups in total. The van der Waals surface area contributed by atoms with Crippen LogP contribution < -0.4 is 4.90 Å². The molecule has 1 unspecified atom stereocenters. The van der Waals surface area contributed by atoms with E-state index in [0.717, 1.165) is 17.6 Å². The highest BCUT2D eigenvalue weighted by molar-refractivity contribution is 9.10. The lowest BCUT2D eigenvalue weighted by Gasteiger charge is -2.32. The molecule has 1 atom stereocenters. The van der Waals surface area contributed by atoms with Crippen molar-refractivity contribution in [3.05, 3.63) is 28.2 Å². The van der Waals surface area contributed by atoms with Crippen molar-refractivity contribution < 1.29 is 4.79 Å². The van der Waals surface area contributed by atoms with E-state index in [4.69, 9.17) is 0 Å². The van der Waals surface area contributed by atoms with Crippen LogP contribution in [0, 0.1) is 12.8 Å². The first kappa shape index (κ1) is 11.6. The lowest BCUT2D eigenvalue weighted by molar-refractivity contribution is -0.122. The van der Waals surface area contributed by atoms with Gasteiger partial charge in [-0.3, -0.25) is 4.79 Å². The van der Waals surface area contributed by atoms with Gasteiger partial charge in [-0.25, -0.2) is 0 Å². The number of benzene rings is 1. The molecule has 86 valence electrons. The standard InChI is InChI=1S/C13H16BrNO/c1-9-4-3-5-11(13(9)14)15-7-6-12(16)10(2)8-15/h3-5,10H,6-8H2,1-2H3. The van der Waals surface area contributed by atoms with Gasteiger partial charge in [0.25, 0.3) is 0 Å². The minimum Gasteiger partial charge on any atom is -0.369 e. The number of aryl methyl sites for hydroxylation is 1. The van der Waals surface area contributed by atoms with Crippen molar-refractivity contribution in [2.24, 2.45) is 5.92 Å². The van der Waals surface area contributed by atoms with E-state index < -0.39 is 0 Å². The third kappa shape index (κ3) is 2.14. The monoisotopic (exact) mass is 281 g/mol. The number of Topliss-reactive ketones (excluding diaryl/α,β-unsaturated/α-hetero) is 1. The molecule has 1 aromatic rings. The van der Waals surface area contributed by atoms with Gasteiger partial charge >= 0.3 is 0 Å². The second-order valence-electron chi connectivity index (χ2n) is 4.47. The van der Waals surface area contributed by atoms with Gasteiger partial charge in [-0.1, -0.05) is 19.1 Å². The summed E-state index contributed by atoms with van der Waals surface area (Å²) in [5.74, 6) is 0.543. The van der Waals surface area contributed by atoms with Gasteiger partial charge in [-0.05, 0) is 34.5 Å². The molecule has 0 saturated carbocycles. The van der Waals surface area contributed by atoms with Crippen LogP contribution in [0.15, 0.2) is 22.7 Å². The van der Waals surface area contributed by atoms with Gasteiger partial charge in [0, 0.05) is 29.9 Å². The van der Waals surface area contributed by atoms with Crippen LogP contribution in [-0.2, 0) is 4.79 Å². The lowest BCUT2D eigenvalue weighted by atomic mass is 9.98. The van der Waals surface area contributed by atoms with Crippen molar-refractivity contribution in [3.63, 3.8) is 0 Å². The molecular formula is C13H16BrNO. The second-order valence-corrected chi connectivity index (χ2v) is 5.26. The fraction of sp³-hybridized carbons (Fsp3) is 0.462. The molecular weight excluding hydrogens is 266 g/mol. The van der Waals surface area contributed by atoms with Crippen molar-refractivity contribution >= 4 is 27.4 Å². The third-order valence-electron chi connectivity index (χ3n) is 3.18. The van der Waals surface area contributed by atoms with Crippen LogP contribution >= 0.6 is 15.9 Å². The summed E-state index contributed by atoms with van der Waals surface area (Å²) in [7, 11) is 0. The van der Waals surface area contributed by atoms with Crippen LogP contribution in [0.4, 0.5) is 5.69 Å². The summed E-state index contributed by atoms with van der Waals surface area (Å²) >= 11 is 3.62. The maximum atomic E-state index is 11.5. The zero-order chi connectivity index (χ0) is 11.7. The fourth-order valence-electron chi connectivity index (χ4n) is 2.11. The molecule has 1 saturated heterocycles. The molecule has 1 aromatic carbocycles. The van der Waals surface area contributed by atoms with E-state index in [1.54, 1.807) is 0 Å². The zero-order valence-corrected chi connectivity index (χ0v) is 11.3. The Hall–Kier alpha value is -0.830. The van der Waals surface area contributed by atoms with Crippen molar-refractivity contribution in [2.75, 3.05) is 18.0 Å². The van der Waals surface area contributed by atoms with E-state index in [-0.39, 0.29) is 5.92 Å². The highest BCUT2D eigenvalue weighted by Crippen LogP contribution is 2.31. The van der Waals surface area contributed by atoms with E-state index in [0.29, 0.717) is 12.2 Å². The Morgan fingerprint density at radius 3 is 2.88 bits per heavy atom. The summed E-state index contributed by atoms with van der Waals surface area (Å²) in [6.07, 6.45) is 0.668. The SMILES string of the molecule is Cc1cccc(N2CCC(=O)C(C)C2)c1Br. The lowest BCUT2D eigenvalue weighted by Crippen LogP contribution is -2.39. The summed E-state index contributed by atoms with van der Waals surface area (Å²) in [5.41, 5.74) is 2.45. The summed E-state index contributed by atoms with van der Waals surface area (Å²) in [5, 5.41) is 0. The van der Waals surface area contributed by atoms with Gasteiger partial charge in [0.15, 0.2) is 0 Å². The minimum absolute atomic E-state index is 0.154. The number of nitrogens with zero attached hydrogens (tertiary/aromatic N) is 1. The van der Waals surface area contributed by atoms with Gasteiger partial charge in [0.05, 0.1) is 5.69 Å². The normalized spacial score (nSPS) is 21.3. The van der Waals surface area contributed by atoms with Crippen LogP contribution in [0.25, 0.3) is 0 Å². The quantitative estimate of drug-likeness (QED) is 0.788. The Bertz CT molecular complexity index is 416. The zero-order valence-electron chi connectivity index (χ0n) is 9.66. The molecule has 0 bridgehead atoms. The van der Waals surface area contributed by atoms with E-state index in [1.165, 1.54) is 11.3 Å². The first-order valence-electron chi connectivity index (χ1n) is 5.62. The Morgan fingerprint density at radius 1 is 1.44 bits per heavy atom. The van der Waals surface area contributed by atoms with Crippen molar-refractivity contribution in [2.45, 2.75) is 20.3 Å². The largest absolute Gasteiger partial charge is 0.369 e. The number of halogens is 1. The van der Waals surface area contributed by atoms with E-state index in [1.807, 2.05) is 6.92 Å². The predicted octanol–water partition coefficient (Wildman–Crippen LogP) is 3.17. The predicted molar refractivity (Wildman–Crippen MR) is 69.9 cm³/mol. The molecule has 0 aromatic heterocycles. The average molecular weight is 282 g/mol. The molecule has 0 amide bonds. The van der Waals surface area contributed by atoms with Crippen LogP contribution in [0.5, 0.6) is 0 Å². The molecule has 2 nitrogen and oxygen atoms in total. The number of carbonyl (C=O) groups excluding carboxylic acids is 1. The number of ketones is 1. The molecule has 0 spiro atoms. The molecule has 1 heterocycles. The highest BCUT2D eigenvalue weighted by Gasteiger charge is 2.24. The molecule has 16 heavy (non-hydrogen) atoms. The smallest absolute Gasteiger partial charge is 0.139 e. The molecule has 0 radical (unpaired) electrons. The number of piperidine rings is 1. The van der Waals surface area contributed by atoms with Gasteiger partial charge in [-0.2, -0.15) is 0 Å². The van der Waals surface area contributed by atoms with E-state index in [9.17, 15) is 4.79 Å². The summed E-state index contributed by atoms with van der Waals surface area (Å²) in [6.45, 7) is 5.77. The van der Waals surface area contributed by atoms with Crippen LogP contribution in [-0.4, -0.2) is 18.9 Å². The Morgan fingerprint density at radius 2 is 2.19 bits per heavy atom. The van der Waals surface area contributed by atoms with Gasteiger partial charge in [-0.15, -0.1) is 0 Å². The van der Waals surface area contributed by atoms with Crippen LogP contribution in [0.3, 0.4) is 0 Å². The number of rotatable bonds is 1. The fourth-order valence-corrected chi connectivity index (χ4v) is 2.63. The maximum Gasteiger partial charge on any atom is 0.139 e. The minimum atomic E-state index is 0.154. The van der Waals surface area contributed by atoms with Gasteiger partial charge < -0.3 is 4.90 Å². The molecule has 0 aliphatic carbocycles. The van der Waals surface area contributed by atoms with E-state index >= 15 is 0 Å². The Balaban J connectivity index is 2.25. The molecule has 1 aliphatic rings. The summed E-state index contributed by atoms with van der Waals surface area (Å²) < 4.78 is 1.15. The van der Waals surface area contributed by atoms with Gasteiger partial charge in [0.2, 0.25) is 0 Å². The first-order valence-corrected chi connectivity index (χ1v) is 6.41. The topological polar surface area (TPSA) is 20.3 Å². The number of hydrogen-bond donors (Lipinski definition) is 0. The molecule has 1 fully saturated rings. The summed E-state index contributed by atoms with van der Waals surface area (Å²) in [6, 6.07) is 6.27. The molecule has 1 aliphatic heterocycles. The van der Waals surface area contributed by atoms with Crippen molar-refractivity contribution in [1.82, 2.24) is 0 Å². The van der Waals surface area contributed by atoms with Crippen LogP contribution in [0.2, 0.25) is 0 Å². The average Bonchev–Trinajstić information content (AvgIpc) is 2.26. The van der Waals surface area contributed by atoms with Crippen LogP contribution in [0.1, 0.15) is 18.9 Å². The van der Waals surface area contributed by atoms with Crippen molar-refractivity contribution in [3.8, 4) is 0 Å². The Kier molecular flexibility index (Phi) is 3.33. The van der Waals surface area contributed by atoms with Crippen molar-refractivity contribution in [1.29, 1.82) is 0 Å².